The molecule has 1 aromatic rings. The minimum absolute atomic E-state index is 0.0153. The zero-order valence-corrected chi connectivity index (χ0v) is 12.2. The highest BCUT2D eigenvalue weighted by Gasteiger charge is 2.29. The number of ether oxygens (including phenoxy) is 1. The van der Waals surface area contributed by atoms with E-state index in [1.807, 2.05) is 11.8 Å². The van der Waals surface area contributed by atoms with Gasteiger partial charge >= 0.3 is 0 Å². The molecule has 6 heteroatoms. The number of carbonyl (C=O) groups excluding carboxylic acids is 2. The summed E-state index contributed by atoms with van der Waals surface area (Å²) in [6.07, 6.45) is 0. The number of piperazine rings is 1. The van der Waals surface area contributed by atoms with Gasteiger partial charge in [0.2, 0.25) is 0 Å². The fraction of sp³-hybridized carbons (Fsp3) is 0.467. The molecule has 6 nitrogen and oxygen atoms in total. The summed E-state index contributed by atoms with van der Waals surface area (Å²) in [6.45, 7) is 5.61. The van der Waals surface area contributed by atoms with Gasteiger partial charge in [-0.05, 0) is 32.0 Å². The van der Waals surface area contributed by atoms with Crippen molar-refractivity contribution in [2.45, 2.75) is 25.9 Å². The largest absolute Gasteiger partial charge is 0.482 e. The summed E-state index contributed by atoms with van der Waals surface area (Å²) in [5, 5.41) is 6.08. The number of nitrogens with zero attached hydrogens (tertiary/aromatic N) is 1. The quantitative estimate of drug-likeness (QED) is 0.804. The molecule has 2 atom stereocenters. The van der Waals surface area contributed by atoms with E-state index in [9.17, 15) is 9.59 Å². The topological polar surface area (TPSA) is 70.7 Å². The first-order valence-electron chi connectivity index (χ1n) is 7.17. The van der Waals surface area contributed by atoms with Gasteiger partial charge in [0.15, 0.2) is 6.61 Å². The normalized spacial score (nSPS) is 24.9. The Bertz CT molecular complexity index is 588. The molecule has 2 aliphatic heterocycles. The van der Waals surface area contributed by atoms with E-state index in [1.54, 1.807) is 18.2 Å². The van der Waals surface area contributed by atoms with Gasteiger partial charge in [-0.3, -0.25) is 9.59 Å². The van der Waals surface area contributed by atoms with E-state index in [-0.39, 0.29) is 30.5 Å². The van der Waals surface area contributed by atoms with Crippen LogP contribution in [0.25, 0.3) is 0 Å². The molecule has 1 fully saturated rings. The van der Waals surface area contributed by atoms with E-state index in [4.69, 9.17) is 4.74 Å². The number of benzene rings is 1. The van der Waals surface area contributed by atoms with Gasteiger partial charge in [-0.15, -0.1) is 0 Å². The van der Waals surface area contributed by atoms with Gasteiger partial charge in [0.05, 0.1) is 5.69 Å². The summed E-state index contributed by atoms with van der Waals surface area (Å²) >= 11 is 0. The third kappa shape index (κ3) is 2.58. The molecule has 0 spiro atoms. The molecule has 0 saturated carbocycles. The van der Waals surface area contributed by atoms with Crippen LogP contribution in [0.3, 0.4) is 0 Å². The first-order chi connectivity index (χ1) is 10.1. The Morgan fingerprint density at radius 2 is 2.19 bits per heavy atom. The third-order valence-electron chi connectivity index (χ3n) is 4.15. The molecule has 0 radical (unpaired) electrons. The molecular formula is C15H19N3O3. The first-order valence-corrected chi connectivity index (χ1v) is 7.17. The van der Waals surface area contributed by atoms with Crippen molar-refractivity contribution in [2.75, 3.05) is 25.0 Å². The molecule has 1 aromatic carbocycles. The molecule has 21 heavy (non-hydrogen) atoms. The number of rotatable bonds is 1. The average molecular weight is 289 g/mol. The highest BCUT2D eigenvalue weighted by Crippen LogP contribution is 2.29. The van der Waals surface area contributed by atoms with E-state index in [0.717, 1.165) is 6.54 Å². The van der Waals surface area contributed by atoms with Crippen LogP contribution in [0.15, 0.2) is 18.2 Å². The molecule has 1 saturated heterocycles. The molecule has 2 N–H and O–H groups in total. The number of anilines is 1. The minimum Gasteiger partial charge on any atom is -0.482 e. The van der Waals surface area contributed by atoms with Crippen molar-refractivity contribution < 1.29 is 14.3 Å². The zero-order chi connectivity index (χ0) is 15.0. The van der Waals surface area contributed by atoms with Gasteiger partial charge in [-0.1, -0.05) is 0 Å². The van der Waals surface area contributed by atoms with Crippen LogP contribution in [0.2, 0.25) is 0 Å². The zero-order valence-electron chi connectivity index (χ0n) is 12.2. The third-order valence-corrected chi connectivity index (χ3v) is 4.15. The first kappa shape index (κ1) is 13.9. The van der Waals surface area contributed by atoms with Crippen molar-refractivity contribution in [1.29, 1.82) is 0 Å². The smallest absolute Gasteiger partial charge is 0.262 e. The lowest BCUT2D eigenvalue weighted by Crippen LogP contribution is -2.57. The lowest BCUT2D eigenvalue weighted by molar-refractivity contribution is -0.118. The van der Waals surface area contributed by atoms with Gasteiger partial charge in [0.25, 0.3) is 11.8 Å². The number of amides is 2. The molecule has 112 valence electrons. The van der Waals surface area contributed by atoms with Crippen LogP contribution in [0.1, 0.15) is 24.2 Å². The standard InChI is InChI=1S/C15H19N3O3/c1-9-10(2)18(6-5-16-9)15(20)11-3-4-13-12(7-11)17-14(19)8-21-13/h3-4,7,9-10,16H,5-6,8H2,1-2H3,(H,17,19). The number of hydrogen-bond acceptors (Lipinski definition) is 4. The molecule has 2 heterocycles. The van der Waals surface area contributed by atoms with Crippen LogP contribution in [-0.2, 0) is 4.79 Å². The predicted octanol–water partition coefficient (Wildman–Crippen LogP) is 0.840. The Morgan fingerprint density at radius 1 is 1.38 bits per heavy atom. The van der Waals surface area contributed by atoms with Crippen molar-refractivity contribution in [1.82, 2.24) is 10.2 Å². The highest BCUT2D eigenvalue weighted by molar-refractivity contribution is 6.00. The number of carbonyl (C=O) groups is 2. The fourth-order valence-electron chi connectivity index (χ4n) is 2.73. The highest BCUT2D eigenvalue weighted by atomic mass is 16.5. The Balaban J connectivity index is 1.85. The SMILES string of the molecule is CC1NCCN(C(=O)c2ccc3c(c2)NC(=O)CO3)C1C. The van der Waals surface area contributed by atoms with Crippen LogP contribution in [0.4, 0.5) is 5.69 Å². The summed E-state index contributed by atoms with van der Waals surface area (Å²) in [7, 11) is 0. The van der Waals surface area contributed by atoms with Crippen LogP contribution in [0.5, 0.6) is 5.75 Å². The van der Waals surface area contributed by atoms with Crippen LogP contribution in [-0.4, -0.2) is 48.5 Å². The van der Waals surface area contributed by atoms with Crippen molar-refractivity contribution in [3.8, 4) is 5.75 Å². The molecule has 0 aromatic heterocycles. The molecule has 2 amide bonds. The maximum absolute atomic E-state index is 12.7. The van der Waals surface area contributed by atoms with E-state index < -0.39 is 0 Å². The Kier molecular flexibility index (Phi) is 3.55. The molecule has 3 rings (SSSR count). The van der Waals surface area contributed by atoms with Gasteiger partial charge in [-0.2, -0.15) is 0 Å². The van der Waals surface area contributed by atoms with Crippen LogP contribution in [0, 0.1) is 0 Å². The van der Waals surface area contributed by atoms with Crippen molar-refractivity contribution in [3.63, 3.8) is 0 Å². The van der Waals surface area contributed by atoms with Crippen molar-refractivity contribution >= 4 is 17.5 Å². The monoisotopic (exact) mass is 289 g/mol. The maximum atomic E-state index is 12.7. The number of fused-ring (bicyclic) bond motifs is 1. The molecular weight excluding hydrogens is 270 g/mol. The van der Waals surface area contributed by atoms with E-state index in [1.165, 1.54) is 0 Å². The predicted molar refractivity (Wildman–Crippen MR) is 78.5 cm³/mol. The van der Waals surface area contributed by atoms with Crippen molar-refractivity contribution in [3.05, 3.63) is 23.8 Å². The van der Waals surface area contributed by atoms with Gasteiger partial charge in [0.1, 0.15) is 5.75 Å². The summed E-state index contributed by atoms with van der Waals surface area (Å²) < 4.78 is 5.31. The second kappa shape index (κ2) is 5.37. The van der Waals surface area contributed by atoms with Gasteiger partial charge in [0, 0.05) is 30.7 Å². The van der Waals surface area contributed by atoms with Gasteiger partial charge in [-0.25, -0.2) is 0 Å². The van der Waals surface area contributed by atoms with E-state index >= 15 is 0 Å². The number of nitrogens with one attached hydrogen (secondary N) is 2. The van der Waals surface area contributed by atoms with Gasteiger partial charge < -0.3 is 20.3 Å². The summed E-state index contributed by atoms with van der Waals surface area (Å²) in [6, 6.07) is 5.57. The molecule has 2 aliphatic rings. The Hall–Kier alpha value is -2.08. The second-order valence-electron chi connectivity index (χ2n) is 5.53. The Morgan fingerprint density at radius 3 is 3.00 bits per heavy atom. The molecule has 0 bridgehead atoms. The summed E-state index contributed by atoms with van der Waals surface area (Å²) in [5.74, 6) is 0.391. The lowest BCUT2D eigenvalue weighted by Gasteiger charge is -2.38. The maximum Gasteiger partial charge on any atom is 0.262 e. The minimum atomic E-state index is -0.198. The Labute approximate surface area is 123 Å². The average Bonchev–Trinajstić information content (AvgIpc) is 2.48. The van der Waals surface area contributed by atoms with Crippen molar-refractivity contribution in [2.24, 2.45) is 0 Å². The molecule has 2 unspecified atom stereocenters. The van der Waals surface area contributed by atoms with Crippen LogP contribution < -0.4 is 15.4 Å². The van der Waals surface area contributed by atoms with Crippen LogP contribution >= 0.6 is 0 Å². The summed E-state index contributed by atoms with van der Waals surface area (Å²) in [4.78, 5) is 25.9. The van der Waals surface area contributed by atoms with E-state index in [2.05, 4.69) is 17.6 Å². The van der Waals surface area contributed by atoms with E-state index in [0.29, 0.717) is 23.5 Å². The second-order valence-corrected chi connectivity index (χ2v) is 5.53. The number of hydrogen-bond donors (Lipinski definition) is 2. The lowest BCUT2D eigenvalue weighted by atomic mass is 10.0. The fourth-order valence-corrected chi connectivity index (χ4v) is 2.73. The summed E-state index contributed by atoms with van der Waals surface area (Å²) in [5.41, 5.74) is 1.13. The molecule has 0 aliphatic carbocycles.